The van der Waals surface area contributed by atoms with Crippen molar-refractivity contribution in [2.45, 2.75) is 37.3 Å². The first-order valence-electron chi connectivity index (χ1n) is 11.7. The number of amides is 2. The summed E-state index contributed by atoms with van der Waals surface area (Å²) in [4.78, 5) is 35.7. The Morgan fingerprint density at radius 2 is 1.59 bits per heavy atom. The highest BCUT2D eigenvalue weighted by molar-refractivity contribution is 5.81. The topological polar surface area (TPSA) is 114 Å². The van der Waals surface area contributed by atoms with E-state index < -0.39 is 18.0 Å². The number of hydrogen-bond donors (Lipinski definition) is 3. The Balaban J connectivity index is 1.05. The molecule has 0 spiro atoms. The van der Waals surface area contributed by atoms with E-state index in [9.17, 15) is 14.4 Å². The van der Waals surface area contributed by atoms with E-state index in [1.807, 2.05) is 24.3 Å². The van der Waals surface area contributed by atoms with Crippen molar-refractivity contribution in [1.29, 1.82) is 0 Å². The van der Waals surface area contributed by atoms with Crippen molar-refractivity contribution in [3.8, 4) is 11.1 Å². The van der Waals surface area contributed by atoms with Gasteiger partial charge < -0.3 is 25.2 Å². The van der Waals surface area contributed by atoms with Gasteiger partial charge in [-0.15, -0.1) is 0 Å². The Bertz CT molecular complexity index is 1050. The summed E-state index contributed by atoms with van der Waals surface area (Å²) in [7, 11) is 0. The van der Waals surface area contributed by atoms with Gasteiger partial charge in [0.05, 0.1) is 18.6 Å². The number of hydrogen-bond acceptors (Lipinski definition) is 5. The standard InChI is InChI=1S/C26H28N2O6/c29-24(27-12-18-11-16(13-33-18)25(30)31)15-9-17(10-15)28-26(32)34-14-23-21-7-3-1-5-19(21)20-6-2-4-8-22(20)23/h1-8,15-18,23H,9-14H2,(H,27,29)(H,28,32)(H,30,31)/t15?,16-,17?,18-/m0/s1. The SMILES string of the molecule is O=C(NC1CC(C(=O)NC[C@@H]2C[C@H](C(=O)O)CO2)C1)OCC1c2ccccc2-c2ccccc21. The number of carbonyl (C=O) groups excluding carboxylic acids is 2. The molecule has 8 heteroatoms. The molecule has 2 aromatic carbocycles. The molecule has 2 amide bonds. The number of carboxylic acids is 1. The van der Waals surface area contributed by atoms with Crippen molar-refractivity contribution in [2.24, 2.45) is 11.8 Å². The fourth-order valence-corrected chi connectivity index (χ4v) is 5.14. The van der Waals surface area contributed by atoms with Crippen LogP contribution in [0.4, 0.5) is 4.79 Å². The van der Waals surface area contributed by atoms with Gasteiger partial charge in [-0.2, -0.15) is 0 Å². The van der Waals surface area contributed by atoms with Gasteiger partial charge in [-0.25, -0.2) is 4.79 Å². The summed E-state index contributed by atoms with van der Waals surface area (Å²) in [6, 6.07) is 16.3. The third-order valence-electron chi connectivity index (χ3n) is 7.11. The highest BCUT2D eigenvalue weighted by Crippen LogP contribution is 2.44. The van der Waals surface area contributed by atoms with Gasteiger partial charge in [-0.05, 0) is 41.5 Å². The fraction of sp³-hybridized carbons (Fsp3) is 0.423. The average Bonchev–Trinajstić information content (AvgIpc) is 3.41. The Labute approximate surface area is 197 Å². The van der Waals surface area contributed by atoms with Gasteiger partial charge in [0.15, 0.2) is 0 Å². The van der Waals surface area contributed by atoms with E-state index in [1.54, 1.807) is 0 Å². The third kappa shape index (κ3) is 4.50. The largest absolute Gasteiger partial charge is 0.481 e. The average molecular weight is 465 g/mol. The normalized spacial score (nSPS) is 25.1. The van der Waals surface area contributed by atoms with Crippen molar-refractivity contribution in [2.75, 3.05) is 19.8 Å². The lowest BCUT2D eigenvalue weighted by Crippen LogP contribution is -2.50. The molecule has 0 radical (unpaired) electrons. The summed E-state index contributed by atoms with van der Waals surface area (Å²) in [5, 5.41) is 14.7. The lowest BCUT2D eigenvalue weighted by molar-refractivity contribution is -0.141. The molecule has 1 aliphatic heterocycles. The zero-order valence-corrected chi connectivity index (χ0v) is 18.7. The molecule has 0 unspecified atom stereocenters. The summed E-state index contributed by atoms with van der Waals surface area (Å²) < 4.78 is 11.0. The Kier molecular flexibility index (Phi) is 6.24. The van der Waals surface area contributed by atoms with Crippen LogP contribution in [-0.4, -0.2) is 55.0 Å². The first kappa shape index (κ1) is 22.4. The maximum absolute atomic E-state index is 12.4. The van der Waals surface area contributed by atoms with Gasteiger partial charge in [-0.1, -0.05) is 48.5 Å². The number of ether oxygens (including phenoxy) is 2. The molecular weight excluding hydrogens is 436 g/mol. The molecule has 2 aliphatic carbocycles. The number of rotatable bonds is 7. The van der Waals surface area contributed by atoms with Gasteiger partial charge >= 0.3 is 12.1 Å². The van der Waals surface area contributed by atoms with Gasteiger partial charge in [0.1, 0.15) is 6.61 Å². The van der Waals surface area contributed by atoms with Crippen molar-refractivity contribution in [3.63, 3.8) is 0 Å². The number of fused-ring (bicyclic) bond motifs is 3. The molecule has 0 aromatic heterocycles. The van der Waals surface area contributed by atoms with Crippen LogP contribution in [0.5, 0.6) is 0 Å². The van der Waals surface area contributed by atoms with Crippen LogP contribution in [0.1, 0.15) is 36.3 Å². The minimum absolute atomic E-state index is 0.0107. The molecule has 1 heterocycles. The van der Waals surface area contributed by atoms with Crippen LogP contribution in [0.15, 0.2) is 48.5 Å². The fourth-order valence-electron chi connectivity index (χ4n) is 5.14. The monoisotopic (exact) mass is 464 g/mol. The van der Waals surface area contributed by atoms with Crippen LogP contribution in [0.25, 0.3) is 11.1 Å². The van der Waals surface area contributed by atoms with E-state index in [1.165, 1.54) is 11.1 Å². The highest BCUT2D eigenvalue weighted by Gasteiger charge is 2.37. The van der Waals surface area contributed by atoms with Crippen LogP contribution in [-0.2, 0) is 19.1 Å². The smallest absolute Gasteiger partial charge is 0.407 e. The molecule has 3 N–H and O–H groups in total. The molecule has 0 bridgehead atoms. The van der Waals surface area contributed by atoms with Crippen LogP contribution in [0.3, 0.4) is 0 Å². The van der Waals surface area contributed by atoms with Gasteiger partial charge in [0.25, 0.3) is 0 Å². The highest BCUT2D eigenvalue weighted by atomic mass is 16.5. The molecule has 1 saturated carbocycles. The second kappa shape index (κ2) is 9.46. The van der Waals surface area contributed by atoms with Gasteiger partial charge in [0, 0.05) is 24.4 Å². The van der Waals surface area contributed by atoms with E-state index in [0.717, 1.165) is 11.1 Å². The molecule has 8 nitrogen and oxygen atoms in total. The number of nitrogens with one attached hydrogen (secondary N) is 2. The zero-order chi connectivity index (χ0) is 23.7. The second-order valence-electron chi connectivity index (χ2n) is 9.31. The number of benzene rings is 2. The lowest BCUT2D eigenvalue weighted by Gasteiger charge is -2.34. The predicted molar refractivity (Wildman–Crippen MR) is 123 cm³/mol. The predicted octanol–water partition coefficient (Wildman–Crippen LogP) is 2.91. The molecular formula is C26H28N2O6. The first-order chi connectivity index (χ1) is 16.5. The molecule has 2 atom stereocenters. The van der Waals surface area contributed by atoms with E-state index >= 15 is 0 Å². The lowest BCUT2D eigenvalue weighted by atomic mass is 9.79. The van der Waals surface area contributed by atoms with Crippen molar-refractivity contribution < 1.29 is 29.0 Å². The molecule has 3 aliphatic rings. The molecule has 34 heavy (non-hydrogen) atoms. The third-order valence-corrected chi connectivity index (χ3v) is 7.11. The van der Waals surface area contributed by atoms with E-state index in [2.05, 4.69) is 34.9 Å². The molecule has 2 fully saturated rings. The molecule has 178 valence electrons. The Hall–Kier alpha value is -3.39. The second-order valence-corrected chi connectivity index (χ2v) is 9.31. The summed E-state index contributed by atoms with van der Waals surface area (Å²) in [5.41, 5.74) is 4.69. The first-order valence-corrected chi connectivity index (χ1v) is 11.7. The minimum Gasteiger partial charge on any atom is -0.481 e. The van der Waals surface area contributed by atoms with E-state index in [4.69, 9.17) is 14.6 Å². The van der Waals surface area contributed by atoms with Crippen LogP contribution in [0.2, 0.25) is 0 Å². The minimum atomic E-state index is -0.866. The molecule has 5 rings (SSSR count). The quantitative estimate of drug-likeness (QED) is 0.581. The maximum Gasteiger partial charge on any atom is 0.407 e. The Morgan fingerprint density at radius 3 is 2.21 bits per heavy atom. The summed E-state index contributed by atoms with van der Waals surface area (Å²) >= 11 is 0. The van der Waals surface area contributed by atoms with Crippen LogP contribution >= 0.6 is 0 Å². The van der Waals surface area contributed by atoms with Crippen molar-refractivity contribution in [3.05, 3.63) is 59.7 Å². The Morgan fingerprint density at radius 1 is 0.941 bits per heavy atom. The number of alkyl carbamates (subject to hydrolysis) is 1. The summed E-state index contributed by atoms with van der Waals surface area (Å²) in [6.45, 7) is 0.754. The van der Waals surface area contributed by atoms with Gasteiger partial charge in [-0.3, -0.25) is 9.59 Å². The summed E-state index contributed by atoms with van der Waals surface area (Å²) in [6.07, 6.45) is 0.787. The molecule has 2 aromatic rings. The molecule has 1 saturated heterocycles. The van der Waals surface area contributed by atoms with Crippen LogP contribution in [0, 0.1) is 11.8 Å². The van der Waals surface area contributed by atoms with E-state index in [-0.39, 0.29) is 43.1 Å². The maximum atomic E-state index is 12.4. The zero-order valence-electron chi connectivity index (χ0n) is 18.7. The summed E-state index contributed by atoms with van der Waals surface area (Å²) in [5.74, 6) is -1.62. The number of aliphatic carboxylic acids is 1. The van der Waals surface area contributed by atoms with Crippen molar-refractivity contribution >= 4 is 18.0 Å². The van der Waals surface area contributed by atoms with Crippen molar-refractivity contribution in [1.82, 2.24) is 10.6 Å². The van der Waals surface area contributed by atoms with E-state index in [0.29, 0.717) is 25.8 Å². The van der Waals surface area contributed by atoms with Crippen LogP contribution < -0.4 is 10.6 Å². The number of carbonyl (C=O) groups is 3. The van der Waals surface area contributed by atoms with Gasteiger partial charge in [0.2, 0.25) is 5.91 Å². The number of carboxylic acid groups (broad SMARTS) is 1.